The summed E-state index contributed by atoms with van der Waals surface area (Å²) in [4.78, 5) is 0. The summed E-state index contributed by atoms with van der Waals surface area (Å²) >= 11 is 0. The number of methoxy groups -OCH3 is 1. The normalized spacial score (nSPS) is 10.6. The second kappa shape index (κ2) is 5.07. The van der Waals surface area contributed by atoms with Crippen molar-refractivity contribution in [1.82, 2.24) is 4.57 Å². The van der Waals surface area contributed by atoms with Crippen LogP contribution in [0.2, 0.25) is 0 Å². The summed E-state index contributed by atoms with van der Waals surface area (Å²) in [7, 11) is 3.75. The van der Waals surface area contributed by atoms with Crippen molar-refractivity contribution in [2.75, 3.05) is 7.11 Å². The van der Waals surface area contributed by atoms with Crippen LogP contribution < -0.4 is 0 Å². The maximum atomic E-state index is 5.34. The first-order valence-electron chi connectivity index (χ1n) is 4.75. The van der Waals surface area contributed by atoms with Crippen LogP contribution in [0.15, 0.2) is 18.3 Å². The minimum absolute atomic E-state index is 0.182. The number of hydrogen-bond donors (Lipinski definition) is 0. The number of rotatable bonds is 2. The molecule has 0 amide bonds. The molecule has 0 aliphatic heterocycles. The highest BCUT2D eigenvalue weighted by Crippen LogP contribution is 2.22. The van der Waals surface area contributed by atoms with Gasteiger partial charge in [0, 0.05) is 26.0 Å². The Kier molecular flexibility index (Phi) is 4.78. The van der Waals surface area contributed by atoms with Gasteiger partial charge in [0.2, 0.25) is 0 Å². The summed E-state index contributed by atoms with van der Waals surface area (Å²) in [6.07, 6.45) is 2.02. The molecule has 0 atom stereocenters. The van der Waals surface area contributed by atoms with E-state index in [4.69, 9.17) is 4.74 Å². The van der Waals surface area contributed by atoms with Crippen LogP contribution in [0.5, 0.6) is 0 Å². The third kappa shape index (κ3) is 2.88. The Morgan fingerprint density at radius 3 is 2.15 bits per heavy atom. The molecule has 0 aliphatic rings. The van der Waals surface area contributed by atoms with E-state index >= 15 is 0 Å². The average molecular weight is 183 g/mol. The maximum Gasteiger partial charge on any atom is 0.102 e. The molecule has 0 spiro atoms. The van der Waals surface area contributed by atoms with E-state index in [9.17, 15) is 0 Å². The van der Waals surface area contributed by atoms with Gasteiger partial charge in [-0.2, -0.15) is 0 Å². The van der Waals surface area contributed by atoms with E-state index < -0.39 is 0 Å². The van der Waals surface area contributed by atoms with Crippen molar-refractivity contribution in [2.45, 2.75) is 33.3 Å². The lowest BCUT2D eigenvalue weighted by atomic mass is 10.1. The fourth-order valence-electron chi connectivity index (χ4n) is 1.19. The SMILES string of the molecule is CC.COC(C)(C)c1cccn1C. The minimum atomic E-state index is -0.182. The Morgan fingerprint density at radius 2 is 1.85 bits per heavy atom. The lowest BCUT2D eigenvalue weighted by Crippen LogP contribution is -2.22. The van der Waals surface area contributed by atoms with Gasteiger partial charge in [0.15, 0.2) is 0 Å². The maximum absolute atomic E-state index is 5.34. The second-order valence-corrected chi connectivity index (χ2v) is 3.22. The second-order valence-electron chi connectivity index (χ2n) is 3.22. The molecule has 1 aromatic rings. The molecule has 0 unspecified atom stereocenters. The summed E-state index contributed by atoms with van der Waals surface area (Å²) < 4.78 is 7.41. The topological polar surface area (TPSA) is 14.2 Å². The molecule has 0 N–H and O–H groups in total. The molecule has 0 saturated carbocycles. The van der Waals surface area contributed by atoms with E-state index in [0.29, 0.717) is 0 Å². The van der Waals surface area contributed by atoms with Gasteiger partial charge < -0.3 is 9.30 Å². The molecule has 0 radical (unpaired) electrons. The van der Waals surface area contributed by atoms with Gasteiger partial charge >= 0.3 is 0 Å². The van der Waals surface area contributed by atoms with Crippen molar-refractivity contribution in [3.05, 3.63) is 24.0 Å². The highest BCUT2D eigenvalue weighted by Gasteiger charge is 2.21. The molecular formula is C11H21NO. The van der Waals surface area contributed by atoms with Gasteiger partial charge in [-0.25, -0.2) is 0 Å². The van der Waals surface area contributed by atoms with Crippen molar-refractivity contribution in [1.29, 1.82) is 0 Å². The average Bonchev–Trinajstić information content (AvgIpc) is 2.55. The number of hydrogen-bond acceptors (Lipinski definition) is 1. The Balaban J connectivity index is 0.000000671. The zero-order chi connectivity index (χ0) is 10.5. The summed E-state index contributed by atoms with van der Waals surface area (Å²) in [6.45, 7) is 8.12. The van der Waals surface area contributed by atoms with Gasteiger partial charge in [0.25, 0.3) is 0 Å². The lowest BCUT2D eigenvalue weighted by molar-refractivity contribution is 0.0132. The van der Waals surface area contributed by atoms with Crippen LogP contribution in [-0.2, 0) is 17.4 Å². The van der Waals surface area contributed by atoms with Gasteiger partial charge in [-0.15, -0.1) is 0 Å². The van der Waals surface area contributed by atoms with Crippen molar-refractivity contribution in [2.24, 2.45) is 7.05 Å². The molecule has 1 aromatic heterocycles. The zero-order valence-electron chi connectivity index (χ0n) is 9.59. The number of aromatic nitrogens is 1. The first kappa shape index (κ1) is 12.2. The van der Waals surface area contributed by atoms with Crippen molar-refractivity contribution in [3.63, 3.8) is 0 Å². The number of aryl methyl sites for hydroxylation is 1. The fourth-order valence-corrected chi connectivity index (χ4v) is 1.19. The molecule has 2 heteroatoms. The van der Waals surface area contributed by atoms with E-state index in [1.54, 1.807) is 7.11 Å². The predicted molar refractivity (Wildman–Crippen MR) is 56.8 cm³/mol. The van der Waals surface area contributed by atoms with Crippen LogP contribution in [0.3, 0.4) is 0 Å². The van der Waals surface area contributed by atoms with Crippen molar-refractivity contribution in [3.8, 4) is 0 Å². The molecule has 0 bridgehead atoms. The molecule has 1 rings (SSSR count). The number of nitrogens with zero attached hydrogens (tertiary/aromatic N) is 1. The monoisotopic (exact) mass is 183 g/mol. The predicted octanol–water partition coefficient (Wildman–Crippen LogP) is 2.93. The molecule has 0 saturated heterocycles. The summed E-state index contributed by atoms with van der Waals surface area (Å²) in [5, 5.41) is 0. The smallest absolute Gasteiger partial charge is 0.102 e. The third-order valence-electron chi connectivity index (χ3n) is 2.07. The van der Waals surface area contributed by atoms with Crippen LogP contribution in [-0.4, -0.2) is 11.7 Å². The molecule has 0 aliphatic carbocycles. The zero-order valence-corrected chi connectivity index (χ0v) is 9.59. The van der Waals surface area contributed by atoms with Crippen molar-refractivity contribution < 1.29 is 4.74 Å². The van der Waals surface area contributed by atoms with Gasteiger partial charge in [-0.3, -0.25) is 0 Å². The number of ether oxygens (including phenoxy) is 1. The summed E-state index contributed by atoms with van der Waals surface area (Å²) in [5.74, 6) is 0. The Labute approximate surface area is 81.5 Å². The van der Waals surface area contributed by atoms with Gasteiger partial charge in [0.05, 0.1) is 0 Å². The molecule has 13 heavy (non-hydrogen) atoms. The summed E-state index contributed by atoms with van der Waals surface area (Å²) in [6, 6.07) is 4.10. The van der Waals surface area contributed by atoms with E-state index in [1.165, 1.54) is 5.69 Å². The lowest BCUT2D eigenvalue weighted by Gasteiger charge is -2.23. The molecule has 0 aromatic carbocycles. The van der Waals surface area contributed by atoms with Crippen molar-refractivity contribution >= 4 is 0 Å². The van der Waals surface area contributed by atoms with Gasteiger partial charge in [-0.1, -0.05) is 13.8 Å². The minimum Gasteiger partial charge on any atom is -0.373 e. The standard InChI is InChI=1S/C9H15NO.C2H6/c1-9(2,11-4)8-6-5-7-10(8)3;1-2/h5-7H,1-4H3;1-2H3. The van der Waals surface area contributed by atoms with Crippen LogP contribution in [0, 0.1) is 0 Å². The molecular weight excluding hydrogens is 162 g/mol. The largest absolute Gasteiger partial charge is 0.373 e. The first-order chi connectivity index (χ1) is 6.08. The van der Waals surface area contributed by atoms with E-state index in [0.717, 1.165) is 0 Å². The van der Waals surface area contributed by atoms with E-state index in [1.807, 2.05) is 33.2 Å². The molecule has 2 nitrogen and oxygen atoms in total. The van der Waals surface area contributed by atoms with Crippen LogP contribution in [0.1, 0.15) is 33.4 Å². The van der Waals surface area contributed by atoms with Gasteiger partial charge in [-0.05, 0) is 26.0 Å². The quantitative estimate of drug-likeness (QED) is 0.687. The highest BCUT2D eigenvalue weighted by molar-refractivity contribution is 5.13. The molecule has 0 fully saturated rings. The third-order valence-corrected chi connectivity index (χ3v) is 2.07. The van der Waals surface area contributed by atoms with Crippen LogP contribution >= 0.6 is 0 Å². The Bertz CT molecular complexity index is 238. The fraction of sp³-hybridized carbons (Fsp3) is 0.636. The molecule has 1 heterocycles. The first-order valence-corrected chi connectivity index (χ1v) is 4.75. The Morgan fingerprint density at radius 1 is 1.31 bits per heavy atom. The van der Waals surface area contributed by atoms with Gasteiger partial charge in [0.1, 0.15) is 5.60 Å². The van der Waals surface area contributed by atoms with Crippen LogP contribution in [0.4, 0.5) is 0 Å². The Hall–Kier alpha value is -0.760. The highest BCUT2D eigenvalue weighted by atomic mass is 16.5. The summed E-state index contributed by atoms with van der Waals surface area (Å²) in [5.41, 5.74) is 1.01. The van der Waals surface area contributed by atoms with Crippen LogP contribution in [0.25, 0.3) is 0 Å². The molecule has 76 valence electrons. The van der Waals surface area contributed by atoms with E-state index in [-0.39, 0.29) is 5.60 Å². The van der Waals surface area contributed by atoms with E-state index in [2.05, 4.69) is 24.5 Å².